The zero-order chi connectivity index (χ0) is 24.1. The van der Waals surface area contributed by atoms with Crippen molar-refractivity contribution in [1.82, 2.24) is 14.9 Å². The van der Waals surface area contributed by atoms with Gasteiger partial charge in [0.1, 0.15) is 12.4 Å². The number of benzene rings is 3. The Bertz CT molecular complexity index is 1280. The molecule has 0 aliphatic carbocycles. The Balaban J connectivity index is 1.53. The third-order valence-corrected chi connectivity index (χ3v) is 5.84. The minimum atomic E-state index is -0.175. The predicted molar refractivity (Wildman–Crippen MR) is 136 cm³/mol. The first-order valence-electron chi connectivity index (χ1n) is 11.3. The van der Waals surface area contributed by atoms with E-state index < -0.39 is 0 Å². The highest BCUT2D eigenvalue weighted by atomic mass is 35.5. The van der Waals surface area contributed by atoms with Crippen LogP contribution in [0.5, 0.6) is 0 Å². The number of carbonyl (C=O) groups excluding carboxylic acids is 2. The molecule has 0 fully saturated rings. The van der Waals surface area contributed by atoms with Crippen molar-refractivity contribution in [3.63, 3.8) is 0 Å². The van der Waals surface area contributed by atoms with E-state index in [0.717, 1.165) is 22.5 Å². The predicted octanol–water partition coefficient (Wildman–Crippen LogP) is 5.10. The molecule has 4 aromatic rings. The van der Waals surface area contributed by atoms with Gasteiger partial charge in [-0.05, 0) is 62.4 Å². The van der Waals surface area contributed by atoms with E-state index in [1.165, 1.54) is 0 Å². The molecule has 3 aromatic carbocycles. The van der Waals surface area contributed by atoms with Crippen LogP contribution in [0.3, 0.4) is 0 Å². The van der Waals surface area contributed by atoms with Crippen molar-refractivity contribution in [2.45, 2.75) is 32.9 Å². The van der Waals surface area contributed by atoms with Crippen molar-refractivity contribution in [2.24, 2.45) is 0 Å². The lowest BCUT2D eigenvalue weighted by Crippen LogP contribution is -2.39. The number of amides is 2. The van der Waals surface area contributed by atoms with Crippen LogP contribution in [-0.2, 0) is 17.8 Å². The van der Waals surface area contributed by atoms with E-state index in [4.69, 9.17) is 16.6 Å². The van der Waals surface area contributed by atoms with Crippen LogP contribution in [0, 0.1) is 0 Å². The molecule has 0 aliphatic heterocycles. The van der Waals surface area contributed by atoms with Gasteiger partial charge in [0.05, 0.1) is 11.0 Å². The first-order chi connectivity index (χ1) is 16.4. The number of nitrogens with zero attached hydrogens (tertiary/aromatic N) is 3. The van der Waals surface area contributed by atoms with E-state index in [1.807, 2.05) is 73.0 Å². The van der Waals surface area contributed by atoms with Crippen LogP contribution in [0.4, 0.5) is 5.69 Å². The second-order valence-electron chi connectivity index (χ2n) is 8.31. The minimum Gasteiger partial charge on any atom is -0.352 e. The van der Waals surface area contributed by atoms with E-state index in [1.54, 1.807) is 29.2 Å². The molecule has 1 aromatic heterocycles. The van der Waals surface area contributed by atoms with Gasteiger partial charge in [-0.25, -0.2) is 4.98 Å². The number of nitrogens with one attached hydrogen (secondary N) is 1. The highest BCUT2D eigenvalue weighted by molar-refractivity contribution is 6.30. The molecule has 0 atom stereocenters. The third kappa shape index (κ3) is 5.29. The molecule has 2 amide bonds. The van der Waals surface area contributed by atoms with Crippen LogP contribution in [0.1, 0.15) is 30.0 Å². The Morgan fingerprint density at radius 2 is 1.65 bits per heavy atom. The molecular weight excluding hydrogens is 448 g/mol. The second kappa shape index (κ2) is 10.5. The first kappa shape index (κ1) is 23.5. The molecule has 0 radical (unpaired) electrons. The molecule has 34 heavy (non-hydrogen) atoms. The van der Waals surface area contributed by atoms with Gasteiger partial charge in [-0.15, -0.1) is 0 Å². The Kier molecular flexibility index (Phi) is 7.28. The third-order valence-electron chi connectivity index (χ3n) is 5.59. The number of halogens is 1. The molecule has 174 valence electrons. The fourth-order valence-electron chi connectivity index (χ4n) is 4.01. The van der Waals surface area contributed by atoms with Crippen molar-refractivity contribution in [1.29, 1.82) is 0 Å². The summed E-state index contributed by atoms with van der Waals surface area (Å²) in [7, 11) is 0. The fraction of sp³-hybridized carbons (Fsp3) is 0.222. The summed E-state index contributed by atoms with van der Waals surface area (Å²) in [4.78, 5) is 32.5. The lowest BCUT2D eigenvalue weighted by Gasteiger charge is -2.27. The summed E-state index contributed by atoms with van der Waals surface area (Å²) in [6, 6.07) is 24.2. The number of para-hydroxylation sites is 3. The summed E-state index contributed by atoms with van der Waals surface area (Å²) in [6.45, 7) is 4.56. The summed E-state index contributed by atoms with van der Waals surface area (Å²) in [5.74, 6) is 0.559. The van der Waals surface area contributed by atoms with Gasteiger partial charge in [0.15, 0.2) is 0 Å². The van der Waals surface area contributed by atoms with E-state index in [2.05, 4.69) is 5.32 Å². The molecular formula is C27H27ClN4O2. The number of rotatable bonds is 8. The zero-order valence-electron chi connectivity index (χ0n) is 19.2. The fourth-order valence-corrected chi connectivity index (χ4v) is 4.14. The van der Waals surface area contributed by atoms with Gasteiger partial charge >= 0.3 is 0 Å². The number of hydrogen-bond acceptors (Lipinski definition) is 3. The maximum absolute atomic E-state index is 13.4. The Morgan fingerprint density at radius 3 is 2.35 bits per heavy atom. The van der Waals surface area contributed by atoms with E-state index >= 15 is 0 Å². The van der Waals surface area contributed by atoms with Crippen LogP contribution in [0.2, 0.25) is 5.02 Å². The average molecular weight is 475 g/mol. The number of anilines is 1. The maximum Gasteiger partial charge on any atom is 0.251 e. The van der Waals surface area contributed by atoms with E-state index in [9.17, 15) is 9.59 Å². The van der Waals surface area contributed by atoms with E-state index in [-0.39, 0.29) is 24.4 Å². The second-order valence-corrected chi connectivity index (χ2v) is 8.75. The first-order valence-corrected chi connectivity index (χ1v) is 11.7. The molecule has 0 spiro atoms. The van der Waals surface area contributed by atoms with E-state index in [0.29, 0.717) is 23.6 Å². The number of carbonyl (C=O) groups is 2. The van der Waals surface area contributed by atoms with Gasteiger partial charge < -0.3 is 14.8 Å². The molecule has 4 rings (SSSR count). The number of aromatic nitrogens is 2. The topological polar surface area (TPSA) is 67.2 Å². The summed E-state index contributed by atoms with van der Waals surface area (Å²) in [6.07, 6.45) is 0.494. The molecule has 1 heterocycles. The number of hydrogen-bond donors (Lipinski definition) is 1. The Morgan fingerprint density at radius 1 is 0.971 bits per heavy atom. The van der Waals surface area contributed by atoms with Gasteiger partial charge in [-0.2, -0.15) is 0 Å². The Hall–Kier alpha value is -3.64. The van der Waals surface area contributed by atoms with Crippen LogP contribution in [0.15, 0.2) is 78.9 Å². The van der Waals surface area contributed by atoms with Crippen molar-refractivity contribution in [3.8, 4) is 0 Å². The van der Waals surface area contributed by atoms with Crippen LogP contribution in [-0.4, -0.2) is 34.0 Å². The van der Waals surface area contributed by atoms with Gasteiger partial charge in [-0.3, -0.25) is 9.59 Å². The van der Waals surface area contributed by atoms with Crippen molar-refractivity contribution in [3.05, 3.63) is 95.3 Å². The van der Waals surface area contributed by atoms with Crippen LogP contribution < -0.4 is 10.2 Å². The molecule has 0 saturated heterocycles. The zero-order valence-corrected chi connectivity index (χ0v) is 20.0. The minimum absolute atomic E-state index is 0.00630. The molecule has 7 heteroatoms. The summed E-state index contributed by atoms with van der Waals surface area (Å²) < 4.78 is 1.95. The normalized spacial score (nSPS) is 11.1. The molecule has 6 nitrogen and oxygen atoms in total. The monoisotopic (exact) mass is 474 g/mol. The van der Waals surface area contributed by atoms with Gasteiger partial charge in [0, 0.05) is 35.3 Å². The van der Waals surface area contributed by atoms with Gasteiger partial charge in [0.2, 0.25) is 5.91 Å². The molecule has 0 bridgehead atoms. The van der Waals surface area contributed by atoms with Crippen LogP contribution in [0.25, 0.3) is 11.0 Å². The summed E-state index contributed by atoms with van der Waals surface area (Å²) >= 11 is 5.91. The summed E-state index contributed by atoms with van der Waals surface area (Å²) in [5, 5.41) is 3.51. The lowest BCUT2D eigenvalue weighted by atomic mass is 10.2. The largest absolute Gasteiger partial charge is 0.352 e. The van der Waals surface area contributed by atoms with Crippen LogP contribution >= 0.6 is 11.6 Å². The van der Waals surface area contributed by atoms with Crippen molar-refractivity contribution in [2.75, 3.05) is 11.4 Å². The quantitative estimate of drug-likeness (QED) is 0.386. The number of imidazole rings is 1. The highest BCUT2D eigenvalue weighted by Gasteiger charge is 2.22. The lowest BCUT2D eigenvalue weighted by molar-refractivity contribution is -0.119. The molecule has 0 saturated carbocycles. The van der Waals surface area contributed by atoms with Gasteiger partial charge in [0.25, 0.3) is 5.91 Å². The van der Waals surface area contributed by atoms with Crippen molar-refractivity contribution < 1.29 is 9.59 Å². The van der Waals surface area contributed by atoms with Crippen molar-refractivity contribution >= 4 is 40.1 Å². The average Bonchev–Trinajstić information content (AvgIpc) is 3.17. The Labute approximate surface area is 204 Å². The SMILES string of the molecule is CC(C)N(C(=O)Cn1c(CCNC(=O)c2ccc(Cl)cc2)nc2ccccc21)c1ccccc1. The highest BCUT2D eigenvalue weighted by Crippen LogP contribution is 2.21. The number of fused-ring (bicyclic) bond motifs is 1. The standard InChI is InChI=1S/C27H27ClN4O2/c1-19(2)32(22-8-4-3-5-9-22)26(33)18-31-24-11-7-6-10-23(24)30-25(31)16-17-29-27(34)20-12-14-21(28)15-13-20/h3-15,19H,16-18H2,1-2H3,(H,29,34). The smallest absolute Gasteiger partial charge is 0.251 e. The van der Waals surface area contributed by atoms with Gasteiger partial charge in [-0.1, -0.05) is 41.9 Å². The maximum atomic E-state index is 13.4. The molecule has 0 aliphatic rings. The molecule has 0 unspecified atom stereocenters. The molecule has 1 N–H and O–H groups in total. The summed E-state index contributed by atoms with van der Waals surface area (Å²) in [5.41, 5.74) is 3.13.